The van der Waals surface area contributed by atoms with Gasteiger partial charge in [-0.05, 0) is 47.9 Å². The van der Waals surface area contributed by atoms with Crippen LogP contribution in [-0.2, 0) is 11.2 Å². The summed E-state index contributed by atoms with van der Waals surface area (Å²) in [5.41, 5.74) is 2.37. The second kappa shape index (κ2) is 5.99. The lowest BCUT2D eigenvalue weighted by molar-refractivity contribution is -0.138. The molecule has 0 saturated carbocycles. The second-order valence-corrected chi connectivity index (χ2v) is 6.40. The van der Waals surface area contributed by atoms with Gasteiger partial charge in [0.2, 0.25) is 0 Å². The summed E-state index contributed by atoms with van der Waals surface area (Å²) in [6, 6.07) is 9.60. The third-order valence-electron chi connectivity index (χ3n) is 3.79. The fraction of sp³-hybridized carbons (Fsp3) is 0.188. The molecule has 2 aromatic carbocycles. The molecule has 0 radical (unpaired) electrons. The standard InChI is InChI=1S/C16H12Cl3NO2/c17-10-1-3-12-9(7-10)5-6-20(15(12)16(21)22)14-4-2-11(18)8-13(14)19/h1-4,7-8,15H,5-6H2,(H,21,22). The number of benzene rings is 2. The predicted octanol–water partition coefficient (Wildman–Crippen LogP) is 4.84. The van der Waals surface area contributed by atoms with Crippen LogP contribution in [0.3, 0.4) is 0 Å². The number of carboxylic acid groups (broad SMARTS) is 1. The average molecular weight is 357 g/mol. The van der Waals surface area contributed by atoms with E-state index in [-0.39, 0.29) is 0 Å². The summed E-state index contributed by atoms with van der Waals surface area (Å²) in [6.45, 7) is 0.547. The Morgan fingerprint density at radius 1 is 1.09 bits per heavy atom. The molecule has 1 unspecified atom stereocenters. The van der Waals surface area contributed by atoms with Gasteiger partial charge in [-0.25, -0.2) is 4.79 Å². The first-order valence-electron chi connectivity index (χ1n) is 6.70. The van der Waals surface area contributed by atoms with Gasteiger partial charge in [-0.15, -0.1) is 0 Å². The molecular formula is C16H12Cl3NO2. The normalized spacial score (nSPS) is 17.2. The lowest BCUT2D eigenvalue weighted by atomic mass is 9.92. The van der Waals surface area contributed by atoms with Gasteiger partial charge in [-0.2, -0.15) is 0 Å². The molecule has 0 fully saturated rings. The minimum Gasteiger partial charge on any atom is -0.479 e. The van der Waals surface area contributed by atoms with E-state index in [4.69, 9.17) is 34.8 Å². The van der Waals surface area contributed by atoms with E-state index in [1.54, 1.807) is 35.2 Å². The zero-order valence-corrected chi connectivity index (χ0v) is 13.7. The number of halogens is 3. The van der Waals surface area contributed by atoms with Crippen molar-refractivity contribution in [2.24, 2.45) is 0 Å². The maximum atomic E-state index is 11.8. The number of nitrogens with zero attached hydrogens (tertiary/aromatic N) is 1. The maximum Gasteiger partial charge on any atom is 0.331 e. The highest BCUT2D eigenvalue weighted by Crippen LogP contribution is 2.39. The zero-order valence-electron chi connectivity index (χ0n) is 11.4. The van der Waals surface area contributed by atoms with Gasteiger partial charge < -0.3 is 10.0 Å². The molecule has 0 bridgehead atoms. The van der Waals surface area contributed by atoms with E-state index in [0.29, 0.717) is 33.7 Å². The highest BCUT2D eigenvalue weighted by Gasteiger charge is 2.34. The lowest BCUT2D eigenvalue weighted by Gasteiger charge is -2.37. The van der Waals surface area contributed by atoms with Crippen molar-refractivity contribution in [3.63, 3.8) is 0 Å². The van der Waals surface area contributed by atoms with Crippen LogP contribution in [0.5, 0.6) is 0 Å². The number of carboxylic acids is 1. The molecule has 114 valence electrons. The Morgan fingerprint density at radius 2 is 1.77 bits per heavy atom. The number of anilines is 1. The number of hydrogen-bond acceptors (Lipinski definition) is 2. The van der Waals surface area contributed by atoms with Crippen molar-refractivity contribution in [1.29, 1.82) is 0 Å². The number of hydrogen-bond donors (Lipinski definition) is 1. The van der Waals surface area contributed by atoms with Gasteiger partial charge in [0.25, 0.3) is 0 Å². The van der Waals surface area contributed by atoms with Crippen molar-refractivity contribution in [2.75, 3.05) is 11.4 Å². The summed E-state index contributed by atoms with van der Waals surface area (Å²) >= 11 is 18.2. The van der Waals surface area contributed by atoms with E-state index in [0.717, 1.165) is 11.1 Å². The Hall–Kier alpha value is -1.42. The van der Waals surface area contributed by atoms with E-state index in [1.165, 1.54) is 0 Å². The van der Waals surface area contributed by atoms with Crippen LogP contribution in [-0.4, -0.2) is 17.6 Å². The lowest BCUT2D eigenvalue weighted by Crippen LogP contribution is -2.40. The first-order chi connectivity index (χ1) is 10.5. The molecular weight excluding hydrogens is 345 g/mol. The van der Waals surface area contributed by atoms with Gasteiger partial charge in [-0.3, -0.25) is 0 Å². The Morgan fingerprint density at radius 3 is 2.45 bits per heavy atom. The Balaban J connectivity index is 2.09. The molecule has 0 saturated heterocycles. The van der Waals surface area contributed by atoms with E-state index < -0.39 is 12.0 Å². The molecule has 3 rings (SSSR count). The topological polar surface area (TPSA) is 40.5 Å². The maximum absolute atomic E-state index is 11.8. The average Bonchev–Trinajstić information content (AvgIpc) is 2.46. The van der Waals surface area contributed by atoms with Crippen LogP contribution in [0.1, 0.15) is 17.2 Å². The molecule has 0 amide bonds. The molecule has 2 aromatic rings. The second-order valence-electron chi connectivity index (χ2n) is 5.12. The Bertz CT molecular complexity index is 748. The molecule has 6 heteroatoms. The van der Waals surface area contributed by atoms with Crippen LogP contribution < -0.4 is 4.90 Å². The van der Waals surface area contributed by atoms with Crippen LogP contribution in [0.25, 0.3) is 0 Å². The zero-order chi connectivity index (χ0) is 15.9. The first kappa shape index (κ1) is 15.5. The first-order valence-corrected chi connectivity index (χ1v) is 7.83. The fourth-order valence-electron chi connectivity index (χ4n) is 2.84. The predicted molar refractivity (Wildman–Crippen MR) is 89.3 cm³/mol. The van der Waals surface area contributed by atoms with E-state index in [9.17, 15) is 9.90 Å². The molecule has 0 spiro atoms. The number of aliphatic carboxylic acids is 1. The summed E-state index contributed by atoms with van der Waals surface area (Å²) in [4.78, 5) is 13.6. The van der Waals surface area contributed by atoms with Crippen molar-refractivity contribution >= 4 is 46.5 Å². The minimum atomic E-state index is -0.922. The van der Waals surface area contributed by atoms with Crippen molar-refractivity contribution in [3.05, 3.63) is 62.6 Å². The monoisotopic (exact) mass is 355 g/mol. The summed E-state index contributed by atoms with van der Waals surface area (Å²) in [7, 11) is 0. The number of fused-ring (bicyclic) bond motifs is 1. The summed E-state index contributed by atoms with van der Waals surface area (Å²) in [5, 5.41) is 11.3. The van der Waals surface area contributed by atoms with Crippen molar-refractivity contribution < 1.29 is 9.90 Å². The third kappa shape index (κ3) is 2.76. The van der Waals surface area contributed by atoms with Gasteiger partial charge >= 0.3 is 5.97 Å². The highest BCUT2D eigenvalue weighted by atomic mass is 35.5. The molecule has 1 atom stereocenters. The van der Waals surface area contributed by atoms with Crippen LogP contribution in [0, 0.1) is 0 Å². The summed E-state index contributed by atoms with van der Waals surface area (Å²) < 4.78 is 0. The molecule has 1 N–H and O–H groups in total. The Kier molecular flexibility index (Phi) is 4.22. The van der Waals surface area contributed by atoms with E-state index >= 15 is 0 Å². The van der Waals surface area contributed by atoms with Crippen molar-refractivity contribution in [1.82, 2.24) is 0 Å². The highest BCUT2D eigenvalue weighted by molar-refractivity contribution is 6.36. The molecule has 1 heterocycles. The molecule has 0 aromatic heterocycles. The van der Waals surface area contributed by atoms with Crippen LogP contribution >= 0.6 is 34.8 Å². The van der Waals surface area contributed by atoms with Gasteiger partial charge in [0, 0.05) is 16.6 Å². The fourth-order valence-corrected chi connectivity index (χ4v) is 3.55. The number of carbonyl (C=O) groups is 1. The molecule has 22 heavy (non-hydrogen) atoms. The number of rotatable bonds is 2. The molecule has 0 aliphatic carbocycles. The summed E-state index contributed by atoms with van der Waals surface area (Å²) in [5.74, 6) is -0.922. The van der Waals surface area contributed by atoms with Gasteiger partial charge in [0.15, 0.2) is 6.04 Å². The van der Waals surface area contributed by atoms with E-state index in [2.05, 4.69) is 0 Å². The van der Waals surface area contributed by atoms with E-state index in [1.807, 2.05) is 6.07 Å². The van der Waals surface area contributed by atoms with Gasteiger partial charge in [-0.1, -0.05) is 40.9 Å². The summed E-state index contributed by atoms with van der Waals surface area (Å²) in [6.07, 6.45) is 0.707. The van der Waals surface area contributed by atoms with Crippen molar-refractivity contribution in [3.8, 4) is 0 Å². The minimum absolute atomic E-state index is 0.441. The van der Waals surface area contributed by atoms with Gasteiger partial charge in [0.1, 0.15) is 0 Å². The van der Waals surface area contributed by atoms with Crippen LogP contribution in [0.2, 0.25) is 15.1 Å². The Labute approximate surface area is 143 Å². The van der Waals surface area contributed by atoms with Crippen LogP contribution in [0.4, 0.5) is 5.69 Å². The van der Waals surface area contributed by atoms with Crippen molar-refractivity contribution in [2.45, 2.75) is 12.5 Å². The van der Waals surface area contributed by atoms with Crippen LogP contribution in [0.15, 0.2) is 36.4 Å². The smallest absolute Gasteiger partial charge is 0.331 e. The van der Waals surface area contributed by atoms with Gasteiger partial charge in [0.05, 0.1) is 10.7 Å². The molecule has 1 aliphatic heterocycles. The molecule has 3 nitrogen and oxygen atoms in total. The largest absolute Gasteiger partial charge is 0.479 e. The molecule has 1 aliphatic rings. The SMILES string of the molecule is O=C(O)C1c2ccc(Cl)cc2CCN1c1ccc(Cl)cc1Cl. The quantitative estimate of drug-likeness (QED) is 0.837. The third-order valence-corrected chi connectivity index (χ3v) is 4.56.